The van der Waals surface area contributed by atoms with Crippen LogP contribution in [0.4, 0.5) is 0 Å². The third-order valence-corrected chi connectivity index (χ3v) is 7.32. The highest BCUT2D eigenvalue weighted by Crippen LogP contribution is 2.36. The summed E-state index contributed by atoms with van der Waals surface area (Å²) < 4.78 is 27.0. The highest BCUT2D eigenvalue weighted by atomic mass is 79.9. The number of hydrogen-bond donors (Lipinski definition) is 1. The molecular weight excluding hydrogens is 350 g/mol. The quantitative estimate of drug-likeness (QED) is 0.875. The van der Waals surface area contributed by atoms with Crippen molar-refractivity contribution >= 4 is 25.8 Å². The van der Waals surface area contributed by atoms with E-state index in [1.807, 2.05) is 6.92 Å². The van der Waals surface area contributed by atoms with Gasteiger partial charge in [-0.05, 0) is 55.5 Å². The Bertz CT molecular complexity index is 570. The molecule has 1 N–H and O–H groups in total. The molecule has 1 aliphatic rings. The molecule has 4 atom stereocenters. The van der Waals surface area contributed by atoms with Gasteiger partial charge in [-0.25, -0.2) is 8.42 Å². The third-order valence-electron chi connectivity index (χ3n) is 4.35. The van der Waals surface area contributed by atoms with E-state index in [0.29, 0.717) is 10.8 Å². The first-order chi connectivity index (χ1) is 9.86. The van der Waals surface area contributed by atoms with Crippen LogP contribution in [0.2, 0.25) is 0 Å². The largest absolute Gasteiger partial charge is 0.313 e. The molecule has 0 saturated heterocycles. The standard InChI is InChI=1S/C16H24BrNO2S/c1-4-18-15-10-11(2)9-12(3)16(15)21(19,20)14-7-5-13(17)6-8-14/h5-8,11-12,15-16,18H,4,9-10H2,1-3H3. The number of nitrogens with one attached hydrogen (secondary N) is 1. The lowest BCUT2D eigenvalue weighted by Crippen LogP contribution is -2.51. The maximum atomic E-state index is 13.0. The maximum absolute atomic E-state index is 13.0. The second-order valence-corrected chi connectivity index (χ2v) is 9.20. The van der Waals surface area contributed by atoms with Crippen molar-refractivity contribution in [2.24, 2.45) is 11.8 Å². The number of halogens is 1. The second-order valence-electron chi connectivity index (χ2n) is 6.18. The van der Waals surface area contributed by atoms with Crippen molar-refractivity contribution in [3.8, 4) is 0 Å². The molecule has 1 aliphatic carbocycles. The van der Waals surface area contributed by atoms with E-state index in [0.717, 1.165) is 23.9 Å². The molecule has 0 aliphatic heterocycles. The van der Waals surface area contributed by atoms with Gasteiger partial charge in [0.15, 0.2) is 9.84 Å². The molecule has 118 valence electrons. The third kappa shape index (κ3) is 3.69. The Morgan fingerprint density at radius 3 is 2.38 bits per heavy atom. The number of hydrogen-bond acceptors (Lipinski definition) is 3. The van der Waals surface area contributed by atoms with E-state index in [4.69, 9.17) is 0 Å². The Hall–Kier alpha value is -0.390. The summed E-state index contributed by atoms with van der Waals surface area (Å²) in [6.07, 6.45) is 1.90. The zero-order chi connectivity index (χ0) is 15.6. The summed E-state index contributed by atoms with van der Waals surface area (Å²) in [5, 5.41) is 3.06. The first-order valence-corrected chi connectivity index (χ1v) is 9.93. The van der Waals surface area contributed by atoms with E-state index in [1.165, 1.54) is 0 Å². The van der Waals surface area contributed by atoms with Gasteiger partial charge in [-0.1, -0.05) is 36.7 Å². The van der Waals surface area contributed by atoms with Crippen molar-refractivity contribution in [1.29, 1.82) is 0 Å². The molecule has 1 aromatic carbocycles. The monoisotopic (exact) mass is 373 g/mol. The molecule has 4 unspecified atom stereocenters. The Balaban J connectivity index is 2.37. The molecule has 0 heterocycles. The molecule has 21 heavy (non-hydrogen) atoms. The minimum Gasteiger partial charge on any atom is -0.313 e. The Kier molecular flexibility index (Phi) is 5.49. The van der Waals surface area contributed by atoms with Gasteiger partial charge in [0.1, 0.15) is 0 Å². The van der Waals surface area contributed by atoms with Crippen molar-refractivity contribution in [2.45, 2.75) is 49.8 Å². The lowest BCUT2D eigenvalue weighted by atomic mass is 9.80. The van der Waals surface area contributed by atoms with E-state index in [9.17, 15) is 8.42 Å². The van der Waals surface area contributed by atoms with Crippen molar-refractivity contribution in [2.75, 3.05) is 6.54 Å². The first kappa shape index (κ1) is 17.0. The Labute approximate surface area is 136 Å². The fourth-order valence-electron chi connectivity index (χ4n) is 3.59. The van der Waals surface area contributed by atoms with Gasteiger partial charge < -0.3 is 5.32 Å². The Morgan fingerprint density at radius 2 is 1.81 bits per heavy atom. The van der Waals surface area contributed by atoms with Crippen LogP contribution in [0.25, 0.3) is 0 Å². The zero-order valence-corrected chi connectivity index (χ0v) is 15.2. The summed E-state index contributed by atoms with van der Waals surface area (Å²) in [6.45, 7) is 7.12. The van der Waals surface area contributed by atoms with E-state index in [-0.39, 0.29) is 17.2 Å². The first-order valence-electron chi connectivity index (χ1n) is 7.59. The maximum Gasteiger partial charge on any atom is 0.183 e. The summed E-state index contributed by atoms with van der Waals surface area (Å²) in [4.78, 5) is 0.431. The topological polar surface area (TPSA) is 46.2 Å². The predicted molar refractivity (Wildman–Crippen MR) is 90.1 cm³/mol. The molecule has 0 amide bonds. The van der Waals surface area contributed by atoms with Crippen LogP contribution >= 0.6 is 15.9 Å². The molecule has 0 spiro atoms. The average Bonchev–Trinajstić information content (AvgIpc) is 2.38. The average molecular weight is 374 g/mol. The molecule has 5 heteroatoms. The lowest BCUT2D eigenvalue weighted by Gasteiger charge is -2.39. The van der Waals surface area contributed by atoms with Crippen molar-refractivity contribution in [3.63, 3.8) is 0 Å². The smallest absolute Gasteiger partial charge is 0.183 e. The molecular formula is C16H24BrNO2S. The van der Waals surface area contributed by atoms with Crippen molar-refractivity contribution in [1.82, 2.24) is 5.32 Å². The van der Waals surface area contributed by atoms with Crippen LogP contribution in [0.1, 0.15) is 33.6 Å². The van der Waals surface area contributed by atoms with Crippen LogP contribution in [0, 0.1) is 11.8 Å². The van der Waals surface area contributed by atoms with Gasteiger partial charge in [0, 0.05) is 10.5 Å². The summed E-state index contributed by atoms with van der Waals surface area (Å²) in [7, 11) is -3.31. The SMILES string of the molecule is CCNC1CC(C)CC(C)C1S(=O)(=O)c1ccc(Br)cc1. The van der Waals surface area contributed by atoms with Gasteiger partial charge in [-0.15, -0.1) is 0 Å². The molecule has 0 aromatic heterocycles. The van der Waals surface area contributed by atoms with Gasteiger partial charge in [-0.2, -0.15) is 0 Å². The summed E-state index contributed by atoms with van der Waals surface area (Å²) >= 11 is 3.36. The summed E-state index contributed by atoms with van der Waals surface area (Å²) in [5.41, 5.74) is 0. The summed E-state index contributed by atoms with van der Waals surface area (Å²) in [5.74, 6) is 0.742. The van der Waals surface area contributed by atoms with Crippen LogP contribution in [0.5, 0.6) is 0 Å². The van der Waals surface area contributed by atoms with Gasteiger partial charge in [0.25, 0.3) is 0 Å². The fourth-order valence-corrected chi connectivity index (χ4v) is 6.05. The second kappa shape index (κ2) is 6.80. The van der Waals surface area contributed by atoms with Crippen LogP contribution in [-0.4, -0.2) is 26.3 Å². The molecule has 0 bridgehead atoms. The van der Waals surface area contributed by atoms with Crippen molar-refractivity contribution < 1.29 is 8.42 Å². The van der Waals surface area contributed by atoms with Gasteiger partial charge in [-0.3, -0.25) is 0 Å². The number of sulfone groups is 1. The number of rotatable bonds is 4. The molecule has 1 aromatic rings. The van der Waals surface area contributed by atoms with E-state index in [2.05, 4.69) is 35.1 Å². The minimum absolute atomic E-state index is 0.0439. The van der Waals surface area contributed by atoms with E-state index < -0.39 is 9.84 Å². The minimum atomic E-state index is -3.31. The van der Waals surface area contributed by atoms with Gasteiger partial charge >= 0.3 is 0 Å². The molecule has 0 radical (unpaired) electrons. The highest BCUT2D eigenvalue weighted by molar-refractivity contribution is 9.10. The summed E-state index contributed by atoms with van der Waals surface area (Å²) in [6, 6.07) is 7.04. The zero-order valence-electron chi connectivity index (χ0n) is 12.8. The highest BCUT2D eigenvalue weighted by Gasteiger charge is 2.42. The molecule has 1 saturated carbocycles. The van der Waals surface area contributed by atoms with Gasteiger partial charge in [0.2, 0.25) is 0 Å². The van der Waals surface area contributed by atoms with Crippen LogP contribution in [0.3, 0.4) is 0 Å². The van der Waals surface area contributed by atoms with Crippen molar-refractivity contribution in [3.05, 3.63) is 28.7 Å². The predicted octanol–water partition coefficient (Wildman–Crippen LogP) is 3.64. The molecule has 2 rings (SSSR count). The van der Waals surface area contributed by atoms with E-state index >= 15 is 0 Å². The van der Waals surface area contributed by atoms with Gasteiger partial charge in [0.05, 0.1) is 10.1 Å². The molecule has 3 nitrogen and oxygen atoms in total. The lowest BCUT2D eigenvalue weighted by molar-refractivity contribution is 0.244. The Morgan fingerprint density at radius 1 is 1.19 bits per heavy atom. The molecule has 1 fully saturated rings. The van der Waals surface area contributed by atoms with Crippen LogP contribution in [0.15, 0.2) is 33.6 Å². The van der Waals surface area contributed by atoms with E-state index in [1.54, 1.807) is 24.3 Å². The van der Waals surface area contributed by atoms with Crippen LogP contribution < -0.4 is 5.32 Å². The van der Waals surface area contributed by atoms with Crippen LogP contribution in [-0.2, 0) is 9.84 Å². The number of benzene rings is 1. The fraction of sp³-hybridized carbons (Fsp3) is 0.625. The normalized spacial score (nSPS) is 30.3.